The minimum atomic E-state index is 0.418. The van der Waals surface area contributed by atoms with Crippen LogP contribution in [-0.2, 0) is 6.54 Å². The lowest BCUT2D eigenvalue weighted by Crippen LogP contribution is -2.44. The van der Waals surface area contributed by atoms with Crippen molar-refractivity contribution in [2.24, 2.45) is 5.41 Å². The van der Waals surface area contributed by atoms with Crippen molar-refractivity contribution >= 4 is 5.95 Å². The first kappa shape index (κ1) is 15.6. The minimum Gasteiger partial charge on any atom is -0.340 e. The van der Waals surface area contributed by atoms with Gasteiger partial charge >= 0.3 is 0 Å². The molecule has 1 spiro atoms. The number of benzene rings is 1. The molecule has 1 aromatic carbocycles. The smallest absolute Gasteiger partial charge is 0.225 e. The first-order chi connectivity index (χ1) is 11.7. The van der Waals surface area contributed by atoms with Crippen LogP contribution in [0.15, 0.2) is 42.7 Å². The van der Waals surface area contributed by atoms with E-state index in [1.807, 2.05) is 18.5 Å². The van der Waals surface area contributed by atoms with Crippen LogP contribution in [0.5, 0.6) is 0 Å². The van der Waals surface area contributed by atoms with Crippen LogP contribution in [-0.4, -0.2) is 41.0 Å². The Balaban J connectivity index is 1.43. The molecule has 0 amide bonds. The van der Waals surface area contributed by atoms with Gasteiger partial charge in [0, 0.05) is 44.0 Å². The Kier molecular flexibility index (Phi) is 4.23. The summed E-state index contributed by atoms with van der Waals surface area (Å²) in [4.78, 5) is 13.9. The van der Waals surface area contributed by atoms with Gasteiger partial charge in [0.2, 0.25) is 5.95 Å². The zero-order valence-electron chi connectivity index (χ0n) is 14.5. The van der Waals surface area contributed by atoms with Crippen LogP contribution in [0, 0.1) is 12.3 Å². The van der Waals surface area contributed by atoms with E-state index in [0.717, 1.165) is 25.6 Å². The molecule has 0 radical (unpaired) electrons. The van der Waals surface area contributed by atoms with E-state index in [-0.39, 0.29) is 0 Å². The van der Waals surface area contributed by atoms with Gasteiger partial charge in [-0.1, -0.05) is 29.8 Å². The third-order valence-electron chi connectivity index (χ3n) is 5.50. The molecular formula is C20H26N4. The number of likely N-dealkylation sites (tertiary alicyclic amines) is 1. The molecule has 4 nitrogen and oxygen atoms in total. The summed E-state index contributed by atoms with van der Waals surface area (Å²) in [6.07, 6.45) is 7.59. The molecule has 126 valence electrons. The highest BCUT2D eigenvalue weighted by Gasteiger charge is 2.41. The summed E-state index contributed by atoms with van der Waals surface area (Å²) in [5, 5.41) is 0. The van der Waals surface area contributed by atoms with E-state index in [0.29, 0.717) is 5.41 Å². The Labute approximate surface area is 144 Å². The Morgan fingerprint density at radius 1 is 1.04 bits per heavy atom. The second kappa shape index (κ2) is 6.52. The van der Waals surface area contributed by atoms with Crippen molar-refractivity contribution in [2.45, 2.75) is 32.7 Å². The fourth-order valence-electron chi connectivity index (χ4n) is 4.41. The number of hydrogen-bond acceptors (Lipinski definition) is 4. The third-order valence-corrected chi connectivity index (χ3v) is 5.50. The molecule has 3 heterocycles. The van der Waals surface area contributed by atoms with Crippen molar-refractivity contribution in [3.8, 4) is 0 Å². The van der Waals surface area contributed by atoms with Crippen LogP contribution < -0.4 is 4.90 Å². The van der Waals surface area contributed by atoms with Crippen molar-refractivity contribution in [3.63, 3.8) is 0 Å². The molecule has 1 atom stereocenters. The monoisotopic (exact) mass is 322 g/mol. The molecule has 0 aliphatic carbocycles. The number of anilines is 1. The molecule has 0 saturated carbocycles. The SMILES string of the molecule is Cc1cccc(CN2CCC[C@@]3(CCN(c4ncccn4)C3)C2)c1. The van der Waals surface area contributed by atoms with Crippen LogP contribution in [0.3, 0.4) is 0 Å². The lowest BCUT2D eigenvalue weighted by atomic mass is 9.79. The molecule has 1 aromatic heterocycles. The number of hydrogen-bond donors (Lipinski definition) is 0. The lowest BCUT2D eigenvalue weighted by Gasteiger charge is -2.40. The predicted molar refractivity (Wildman–Crippen MR) is 97.0 cm³/mol. The maximum atomic E-state index is 4.44. The van der Waals surface area contributed by atoms with Crippen molar-refractivity contribution in [3.05, 3.63) is 53.9 Å². The van der Waals surface area contributed by atoms with Gasteiger partial charge in [-0.05, 0) is 44.4 Å². The van der Waals surface area contributed by atoms with E-state index in [1.54, 1.807) is 0 Å². The molecule has 0 N–H and O–H groups in total. The topological polar surface area (TPSA) is 32.3 Å². The van der Waals surface area contributed by atoms with E-state index in [2.05, 4.69) is 51.0 Å². The predicted octanol–water partition coefficient (Wildman–Crippen LogP) is 3.28. The Morgan fingerprint density at radius 2 is 1.92 bits per heavy atom. The minimum absolute atomic E-state index is 0.418. The van der Waals surface area contributed by atoms with Crippen LogP contribution in [0.4, 0.5) is 5.95 Å². The highest BCUT2D eigenvalue weighted by atomic mass is 15.3. The molecule has 2 aromatic rings. The Morgan fingerprint density at radius 3 is 2.75 bits per heavy atom. The normalized spacial score (nSPS) is 24.6. The lowest BCUT2D eigenvalue weighted by molar-refractivity contribution is 0.0991. The van der Waals surface area contributed by atoms with E-state index in [9.17, 15) is 0 Å². The number of rotatable bonds is 3. The van der Waals surface area contributed by atoms with Crippen LogP contribution >= 0.6 is 0 Å². The summed E-state index contributed by atoms with van der Waals surface area (Å²) in [6.45, 7) is 7.85. The second-order valence-electron chi connectivity index (χ2n) is 7.52. The zero-order valence-corrected chi connectivity index (χ0v) is 14.5. The number of piperidine rings is 1. The highest BCUT2D eigenvalue weighted by Crippen LogP contribution is 2.40. The molecule has 4 rings (SSSR count). The first-order valence-electron chi connectivity index (χ1n) is 9.02. The fraction of sp³-hybridized carbons (Fsp3) is 0.500. The van der Waals surface area contributed by atoms with E-state index < -0.39 is 0 Å². The molecule has 0 unspecified atom stereocenters. The van der Waals surface area contributed by atoms with Gasteiger partial charge in [-0.2, -0.15) is 0 Å². The molecule has 0 bridgehead atoms. The third kappa shape index (κ3) is 3.29. The molecule has 2 aliphatic heterocycles. The maximum Gasteiger partial charge on any atom is 0.225 e. The summed E-state index contributed by atoms with van der Waals surface area (Å²) >= 11 is 0. The fourth-order valence-corrected chi connectivity index (χ4v) is 4.41. The van der Waals surface area contributed by atoms with Gasteiger partial charge in [-0.3, -0.25) is 4.90 Å². The second-order valence-corrected chi connectivity index (χ2v) is 7.52. The molecule has 24 heavy (non-hydrogen) atoms. The van der Waals surface area contributed by atoms with E-state index in [4.69, 9.17) is 0 Å². The summed E-state index contributed by atoms with van der Waals surface area (Å²) in [5.41, 5.74) is 3.21. The van der Waals surface area contributed by atoms with Crippen LogP contribution in [0.1, 0.15) is 30.4 Å². The van der Waals surface area contributed by atoms with Gasteiger partial charge in [0.25, 0.3) is 0 Å². The van der Waals surface area contributed by atoms with Gasteiger partial charge in [-0.25, -0.2) is 9.97 Å². The Bertz CT molecular complexity index is 687. The van der Waals surface area contributed by atoms with E-state index in [1.165, 1.54) is 43.5 Å². The van der Waals surface area contributed by atoms with Gasteiger partial charge in [0.15, 0.2) is 0 Å². The standard InChI is InChI=1S/C20H26N4/c1-17-5-2-6-18(13-17)14-23-11-3-7-20(15-23)8-12-24(16-20)19-21-9-4-10-22-19/h2,4-6,9-10,13H,3,7-8,11-12,14-16H2,1H3/t20-/m1/s1. The average Bonchev–Trinajstić information content (AvgIpc) is 2.99. The summed E-state index contributed by atoms with van der Waals surface area (Å²) < 4.78 is 0. The summed E-state index contributed by atoms with van der Waals surface area (Å²) in [7, 11) is 0. The Hall–Kier alpha value is -1.94. The van der Waals surface area contributed by atoms with Crippen LogP contribution in [0.2, 0.25) is 0 Å². The zero-order chi connectivity index (χ0) is 16.4. The quantitative estimate of drug-likeness (QED) is 0.868. The molecular weight excluding hydrogens is 296 g/mol. The van der Waals surface area contributed by atoms with Crippen molar-refractivity contribution in [1.82, 2.24) is 14.9 Å². The maximum absolute atomic E-state index is 4.44. The van der Waals surface area contributed by atoms with Gasteiger partial charge in [0.1, 0.15) is 0 Å². The van der Waals surface area contributed by atoms with Crippen LogP contribution in [0.25, 0.3) is 0 Å². The summed E-state index contributed by atoms with van der Waals surface area (Å²) in [6, 6.07) is 10.8. The highest BCUT2D eigenvalue weighted by molar-refractivity contribution is 5.32. The van der Waals surface area contributed by atoms with Gasteiger partial charge in [-0.15, -0.1) is 0 Å². The molecule has 4 heteroatoms. The number of aromatic nitrogens is 2. The van der Waals surface area contributed by atoms with E-state index >= 15 is 0 Å². The average molecular weight is 322 g/mol. The molecule has 2 saturated heterocycles. The molecule has 2 fully saturated rings. The number of aryl methyl sites for hydroxylation is 1. The molecule has 2 aliphatic rings. The number of nitrogens with zero attached hydrogens (tertiary/aromatic N) is 4. The first-order valence-corrected chi connectivity index (χ1v) is 9.02. The largest absolute Gasteiger partial charge is 0.340 e. The van der Waals surface area contributed by atoms with Crippen molar-refractivity contribution in [2.75, 3.05) is 31.1 Å². The van der Waals surface area contributed by atoms with Gasteiger partial charge < -0.3 is 4.90 Å². The van der Waals surface area contributed by atoms with Gasteiger partial charge in [0.05, 0.1) is 0 Å². The van der Waals surface area contributed by atoms with Crippen molar-refractivity contribution in [1.29, 1.82) is 0 Å². The van der Waals surface area contributed by atoms with Crippen molar-refractivity contribution < 1.29 is 0 Å². The summed E-state index contributed by atoms with van der Waals surface area (Å²) in [5.74, 6) is 0.894.